The van der Waals surface area contributed by atoms with Crippen LogP contribution < -0.4 is 4.74 Å². The summed E-state index contributed by atoms with van der Waals surface area (Å²) in [7, 11) is 1.39. The fraction of sp³-hybridized carbons (Fsp3) is 0.167. The normalized spacial score (nSPS) is 10.4. The first kappa shape index (κ1) is 12.1. The van der Waals surface area contributed by atoms with Gasteiger partial charge in [0.05, 0.1) is 12.7 Å². The number of aromatic carboxylic acids is 1. The maximum absolute atomic E-state index is 14.0. The lowest BCUT2D eigenvalue weighted by molar-refractivity contribution is 0.0686. The van der Waals surface area contributed by atoms with Crippen LogP contribution in [-0.4, -0.2) is 23.3 Å². The van der Waals surface area contributed by atoms with Gasteiger partial charge in [0.1, 0.15) is 11.6 Å². The highest BCUT2D eigenvalue weighted by Gasteiger charge is 2.20. The molecule has 2 rings (SSSR count). The molecular weight excluding hydrogens is 241 g/mol. The molecule has 0 fully saturated rings. The summed E-state index contributed by atoms with van der Waals surface area (Å²) in [6.07, 6.45) is 0. The van der Waals surface area contributed by atoms with Crippen molar-refractivity contribution in [3.63, 3.8) is 0 Å². The molecule has 0 amide bonds. The van der Waals surface area contributed by atoms with Crippen LogP contribution in [0.3, 0.4) is 0 Å². The number of methoxy groups -OCH3 is 1. The molecule has 0 unspecified atom stereocenters. The number of ether oxygens (including phenoxy) is 1. The van der Waals surface area contributed by atoms with Crippen LogP contribution >= 0.6 is 0 Å². The first-order valence-corrected chi connectivity index (χ1v) is 5.08. The van der Waals surface area contributed by atoms with Gasteiger partial charge < -0.3 is 14.4 Å². The molecule has 0 spiro atoms. The van der Waals surface area contributed by atoms with Crippen molar-refractivity contribution in [2.75, 3.05) is 7.11 Å². The highest BCUT2D eigenvalue weighted by Crippen LogP contribution is 2.34. The lowest BCUT2D eigenvalue weighted by Crippen LogP contribution is -1.95. The van der Waals surface area contributed by atoms with E-state index in [-0.39, 0.29) is 22.8 Å². The van der Waals surface area contributed by atoms with Crippen LogP contribution in [0.25, 0.3) is 11.3 Å². The Morgan fingerprint density at radius 2 is 2.22 bits per heavy atom. The minimum atomic E-state index is -1.24. The molecular formula is C12H10FNO4. The van der Waals surface area contributed by atoms with Crippen molar-refractivity contribution in [3.05, 3.63) is 35.3 Å². The van der Waals surface area contributed by atoms with E-state index >= 15 is 0 Å². The van der Waals surface area contributed by atoms with Crippen molar-refractivity contribution in [1.29, 1.82) is 0 Å². The van der Waals surface area contributed by atoms with Crippen molar-refractivity contribution < 1.29 is 23.6 Å². The van der Waals surface area contributed by atoms with E-state index in [0.29, 0.717) is 5.56 Å². The number of carboxylic acids is 1. The van der Waals surface area contributed by atoms with Gasteiger partial charge in [-0.15, -0.1) is 0 Å². The summed E-state index contributed by atoms with van der Waals surface area (Å²) >= 11 is 0. The van der Waals surface area contributed by atoms with Crippen molar-refractivity contribution in [1.82, 2.24) is 5.16 Å². The number of nitrogens with zero attached hydrogens (tertiary/aromatic N) is 1. The van der Waals surface area contributed by atoms with Crippen LogP contribution in [0.4, 0.5) is 4.39 Å². The molecule has 18 heavy (non-hydrogen) atoms. The van der Waals surface area contributed by atoms with Gasteiger partial charge in [0.2, 0.25) is 0 Å². The van der Waals surface area contributed by atoms with E-state index in [2.05, 4.69) is 5.16 Å². The summed E-state index contributed by atoms with van der Waals surface area (Å²) in [5, 5.41) is 12.1. The van der Waals surface area contributed by atoms with E-state index in [9.17, 15) is 9.18 Å². The monoisotopic (exact) mass is 251 g/mol. The van der Waals surface area contributed by atoms with Crippen LogP contribution in [0.2, 0.25) is 0 Å². The molecule has 0 bridgehead atoms. The molecule has 6 heteroatoms. The van der Waals surface area contributed by atoms with Crippen molar-refractivity contribution in [3.8, 4) is 17.1 Å². The zero-order chi connectivity index (χ0) is 13.3. The Morgan fingerprint density at radius 3 is 2.78 bits per heavy atom. The second kappa shape index (κ2) is 4.48. The fourth-order valence-electron chi connectivity index (χ4n) is 1.56. The van der Waals surface area contributed by atoms with Crippen LogP contribution in [0.15, 0.2) is 22.7 Å². The van der Waals surface area contributed by atoms with Crippen LogP contribution in [0.5, 0.6) is 5.75 Å². The molecule has 0 radical (unpaired) electrons. The SMILES string of the molecule is COc1ccc(C)c(F)c1-c1cc(C(=O)O)no1. The smallest absolute Gasteiger partial charge is 0.358 e. The van der Waals surface area contributed by atoms with Gasteiger partial charge in [-0.25, -0.2) is 9.18 Å². The summed E-state index contributed by atoms with van der Waals surface area (Å²) in [5.41, 5.74) is 0.185. The summed E-state index contributed by atoms with van der Waals surface area (Å²) in [6.45, 7) is 1.59. The molecule has 0 saturated carbocycles. The number of rotatable bonds is 3. The Hall–Kier alpha value is -2.37. The number of carbonyl (C=O) groups is 1. The minimum Gasteiger partial charge on any atom is -0.496 e. The predicted molar refractivity (Wildman–Crippen MR) is 60.1 cm³/mol. The maximum atomic E-state index is 14.0. The zero-order valence-electron chi connectivity index (χ0n) is 9.73. The quantitative estimate of drug-likeness (QED) is 0.907. The molecule has 1 aromatic carbocycles. The van der Waals surface area contributed by atoms with E-state index < -0.39 is 11.8 Å². The van der Waals surface area contributed by atoms with Gasteiger partial charge >= 0.3 is 5.97 Å². The average Bonchev–Trinajstić information content (AvgIpc) is 2.81. The third-order valence-electron chi connectivity index (χ3n) is 2.49. The van der Waals surface area contributed by atoms with Crippen LogP contribution in [0.1, 0.15) is 16.1 Å². The molecule has 0 atom stereocenters. The second-order valence-electron chi connectivity index (χ2n) is 3.66. The topological polar surface area (TPSA) is 72.6 Å². The van der Waals surface area contributed by atoms with Crippen molar-refractivity contribution in [2.24, 2.45) is 0 Å². The summed E-state index contributed by atoms with van der Waals surface area (Å²) in [5.74, 6) is -1.49. The Balaban J connectivity index is 2.61. The number of aryl methyl sites for hydroxylation is 1. The van der Waals surface area contributed by atoms with Crippen LogP contribution in [-0.2, 0) is 0 Å². The zero-order valence-corrected chi connectivity index (χ0v) is 9.73. The highest BCUT2D eigenvalue weighted by atomic mass is 19.1. The second-order valence-corrected chi connectivity index (χ2v) is 3.66. The summed E-state index contributed by atoms with van der Waals surface area (Å²) < 4.78 is 23.9. The fourth-order valence-corrected chi connectivity index (χ4v) is 1.56. The number of carboxylic acid groups (broad SMARTS) is 1. The number of benzene rings is 1. The molecule has 94 valence electrons. The van der Waals surface area contributed by atoms with E-state index in [1.54, 1.807) is 19.1 Å². The molecule has 5 nitrogen and oxygen atoms in total. The molecule has 2 aromatic rings. The lowest BCUT2D eigenvalue weighted by Gasteiger charge is -2.08. The Bertz CT molecular complexity index is 606. The third kappa shape index (κ3) is 1.92. The van der Waals surface area contributed by atoms with Gasteiger partial charge in [0, 0.05) is 6.07 Å². The first-order valence-electron chi connectivity index (χ1n) is 5.08. The largest absolute Gasteiger partial charge is 0.496 e. The highest BCUT2D eigenvalue weighted by molar-refractivity contribution is 5.86. The lowest BCUT2D eigenvalue weighted by atomic mass is 10.1. The van der Waals surface area contributed by atoms with Gasteiger partial charge in [0.25, 0.3) is 0 Å². The molecule has 1 aromatic heterocycles. The Labute approximate surface area is 102 Å². The van der Waals surface area contributed by atoms with Gasteiger partial charge in [-0.05, 0) is 18.6 Å². The van der Waals surface area contributed by atoms with Gasteiger partial charge in [0.15, 0.2) is 11.5 Å². The van der Waals surface area contributed by atoms with Gasteiger partial charge in [-0.2, -0.15) is 0 Å². The van der Waals surface area contributed by atoms with E-state index in [0.717, 1.165) is 6.07 Å². The standard InChI is InChI=1S/C12H10FNO4/c1-6-3-4-8(17-2)10(11(6)13)9-5-7(12(15)16)14-18-9/h3-5H,1-2H3,(H,15,16). The van der Waals surface area contributed by atoms with E-state index in [1.807, 2.05) is 0 Å². The minimum absolute atomic E-state index is 0.0189. The molecule has 1 N–H and O–H groups in total. The van der Waals surface area contributed by atoms with E-state index in [1.165, 1.54) is 7.11 Å². The van der Waals surface area contributed by atoms with E-state index in [4.69, 9.17) is 14.4 Å². The number of halogens is 1. The molecule has 0 aliphatic rings. The van der Waals surface area contributed by atoms with Gasteiger partial charge in [-0.3, -0.25) is 0 Å². The number of aromatic nitrogens is 1. The summed E-state index contributed by atoms with van der Waals surface area (Å²) in [6, 6.07) is 4.30. The molecule has 0 aliphatic carbocycles. The average molecular weight is 251 g/mol. The van der Waals surface area contributed by atoms with Gasteiger partial charge in [-0.1, -0.05) is 11.2 Å². The third-order valence-corrected chi connectivity index (χ3v) is 2.49. The Kier molecular flexibility index (Phi) is 3.01. The van der Waals surface area contributed by atoms with Crippen LogP contribution in [0, 0.1) is 12.7 Å². The maximum Gasteiger partial charge on any atom is 0.358 e. The molecule has 0 saturated heterocycles. The Morgan fingerprint density at radius 1 is 1.50 bits per heavy atom. The van der Waals surface area contributed by atoms with Crippen molar-refractivity contribution in [2.45, 2.75) is 6.92 Å². The summed E-state index contributed by atoms with van der Waals surface area (Å²) in [4.78, 5) is 10.7. The predicted octanol–water partition coefficient (Wildman–Crippen LogP) is 2.50. The molecule has 0 aliphatic heterocycles. The van der Waals surface area contributed by atoms with Crippen molar-refractivity contribution >= 4 is 5.97 Å². The number of hydrogen-bond donors (Lipinski definition) is 1. The first-order chi connectivity index (χ1) is 8.54. The number of hydrogen-bond acceptors (Lipinski definition) is 4. The molecule has 1 heterocycles.